The van der Waals surface area contributed by atoms with Crippen molar-refractivity contribution in [3.8, 4) is 5.69 Å². The Hall–Kier alpha value is -2.37. The van der Waals surface area contributed by atoms with Crippen LogP contribution in [0.1, 0.15) is 26.5 Å². The first kappa shape index (κ1) is 24.7. The van der Waals surface area contributed by atoms with Crippen LogP contribution in [0.4, 0.5) is 13.2 Å². The van der Waals surface area contributed by atoms with Gasteiger partial charge in [-0.3, -0.25) is 9.69 Å². The minimum atomic E-state index is -4.64. The van der Waals surface area contributed by atoms with Crippen LogP contribution in [0.3, 0.4) is 0 Å². The molecule has 1 aromatic heterocycles. The van der Waals surface area contributed by atoms with E-state index in [1.807, 2.05) is 12.1 Å². The minimum absolute atomic E-state index is 0. The molecule has 8 nitrogen and oxygen atoms in total. The second-order valence-corrected chi connectivity index (χ2v) is 6.18. The lowest BCUT2D eigenvalue weighted by atomic mass is 10.0. The summed E-state index contributed by atoms with van der Waals surface area (Å²) in [7, 11) is 0. The molecule has 11 heteroatoms. The number of ether oxygens (including phenoxy) is 1. The fraction of sp³-hybridized carbons (Fsp3) is 0.556. The molecular weight excluding hydrogens is 389 g/mol. The second-order valence-electron chi connectivity index (χ2n) is 6.18. The number of fused-ring (bicyclic) bond motifs is 1. The third kappa shape index (κ3) is 6.87. The first-order chi connectivity index (χ1) is 13.0. The van der Waals surface area contributed by atoms with E-state index in [4.69, 9.17) is 9.53 Å². The standard InChI is InChI=1S/C14H18N6O.C2HF3O.2CH4/c1-2-11(6-12(3-1)20-10-16-17-18-20)14-8-19-5-4-15-7-13(19)9-21-14;3-2(4,5)1-6;;/h1-3,6,10,13-15H,4-5,7-9H2;1H;2*1H4/t13-,14-;;;/m0.../s1. The molecule has 2 aromatic rings. The maximum Gasteiger partial charge on any atom is 0.446 e. The van der Waals surface area contributed by atoms with Crippen molar-refractivity contribution in [1.82, 2.24) is 30.4 Å². The molecule has 2 aliphatic heterocycles. The number of carbonyl (C=O) groups is 1. The summed E-state index contributed by atoms with van der Waals surface area (Å²) in [5.74, 6) is 0. The zero-order chi connectivity index (χ0) is 19.3. The normalized spacial score (nSPS) is 21.5. The Bertz CT molecular complexity index is 741. The van der Waals surface area contributed by atoms with E-state index in [0.29, 0.717) is 6.04 Å². The van der Waals surface area contributed by atoms with Gasteiger partial charge >= 0.3 is 6.18 Å². The molecule has 0 saturated carbocycles. The lowest BCUT2D eigenvalue weighted by Crippen LogP contribution is -2.57. The zero-order valence-corrected chi connectivity index (χ0v) is 14.3. The maximum atomic E-state index is 10.4. The summed E-state index contributed by atoms with van der Waals surface area (Å²) in [5.41, 5.74) is 2.14. The van der Waals surface area contributed by atoms with Crippen LogP contribution in [0.25, 0.3) is 5.69 Å². The lowest BCUT2D eigenvalue weighted by molar-refractivity contribution is -0.156. The number of hydrogen-bond donors (Lipinski definition) is 1. The van der Waals surface area contributed by atoms with Crippen LogP contribution in [-0.4, -0.2) is 76.4 Å². The molecule has 2 saturated heterocycles. The van der Waals surface area contributed by atoms with Crippen LogP contribution in [0.15, 0.2) is 30.6 Å². The van der Waals surface area contributed by atoms with Crippen LogP contribution in [-0.2, 0) is 9.53 Å². The molecule has 2 aliphatic rings. The van der Waals surface area contributed by atoms with Crippen molar-refractivity contribution in [2.75, 3.05) is 32.8 Å². The van der Waals surface area contributed by atoms with E-state index in [1.165, 1.54) is 5.56 Å². The second kappa shape index (κ2) is 11.0. The third-order valence-electron chi connectivity index (χ3n) is 4.35. The van der Waals surface area contributed by atoms with Gasteiger partial charge in [-0.2, -0.15) is 13.2 Å². The molecule has 29 heavy (non-hydrogen) atoms. The Labute approximate surface area is 168 Å². The number of rotatable bonds is 2. The number of piperazine rings is 1. The molecule has 0 aliphatic carbocycles. The van der Waals surface area contributed by atoms with E-state index in [9.17, 15) is 13.2 Å². The quantitative estimate of drug-likeness (QED) is 0.750. The highest BCUT2D eigenvalue weighted by molar-refractivity contribution is 5.56. The number of aldehydes is 1. The number of carbonyl (C=O) groups excluding carboxylic acids is 1. The molecule has 1 N–H and O–H groups in total. The number of benzene rings is 1. The van der Waals surface area contributed by atoms with E-state index in [1.54, 1.807) is 11.0 Å². The summed E-state index contributed by atoms with van der Waals surface area (Å²) in [6.07, 6.45) is -3.98. The molecule has 0 bridgehead atoms. The smallest absolute Gasteiger partial charge is 0.371 e. The fourth-order valence-electron chi connectivity index (χ4n) is 3.05. The average molecular weight is 416 g/mol. The van der Waals surface area contributed by atoms with Gasteiger partial charge in [-0.05, 0) is 28.1 Å². The topological polar surface area (TPSA) is 85.2 Å². The van der Waals surface area contributed by atoms with Crippen molar-refractivity contribution in [1.29, 1.82) is 0 Å². The number of hydrogen-bond acceptors (Lipinski definition) is 7. The molecule has 0 spiro atoms. The number of alkyl halides is 3. The van der Waals surface area contributed by atoms with Gasteiger partial charge in [0.05, 0.1) is 18.4 Å². The summed E-state index contributed by atoms with van der Waals surface area (Å²) in [4.78, 5) is 11.2. The molecule has 0 unspecified atom stereocenters. The lowest BCUT2D eigenvalue weighted by Gasteiger charge is -2.42. The highest BCUT2D eigenvalue weighted by Gasteiger charge is 2.31. The SMILES string of the molecule is C.C.O=CC(F)(F)F.c1cc([C@@H]2CN3CCNC[C@H]3CO2)cc(-n2cnnn2)c1. The van der Waals surface area contributed by atoms with Gasteiger partial charge in [0.25, 0.3) is 0 Å². The van der Waals surface area contributed by atoms with Gasteiger partial charge in [-0.1, -0.05) is 27.0 Å². The summed E-state index contributed by atoms with van der Waals surface area (Å²) >= 11 is 0. The van der Waals surface area contributed by atoms with Gasteiger partial charge in [-0.15, -0.1) is 5.10 Å². The average Bonchev–Trinajstić information content (AvgIpc) is 3.22. The predicted molar refractivity (Wildman–Crippen MR) is 102 cm³/mol. The van der Waals surface area contributed by atoms with Crippen LogP contribution >= 0.6 is 0 Å². The first-order valence-electron chi connectivity index (χ1n) is 8.39. The summed E-state index contributed by atoms with van der Waals surface area (Å²) in [6, 6.07) is 8.75. The Kier molecular flexibility index (Phi) is 9.34. The maximum absolute atomic E-state index is 10.4. The van der Waals surface area contributed by atoms with Crippen LogP contribution < -0.4 is 5.32 Å². The largest absolute Gasteiger partial charge is 0.446 e. The van der Waals surface area contributed by atoms with Crippen molar-refractivity contribution in [3.05, 3.63) is 36.2 Å². The van der Waals surface area contributed by atoms with Crippen molar-refractivity contribution in [2.45, 2.75) is 33.2 Å². The number of halogens is 3. The van der Waals surface area contributed by atoms with Crippen molar-refractivity contribution < 1.29 is 22.7 Å². The van der Waals surface area contributed by atoms with Gasteiger partial charge < -0.3 is 10.1 Å². The number of nitrogens with zero attached hydrogens (tertiary/aromatic N) is 5. The number of morpholine rings is 1. The molecule has 2 fully saturated rings. The Balaban J connectivity index is 0.000000467. The highest BCUT2D eigenvalue weighted by atomic mass is 19.4. The molecule has 2 atom stereocenters. The van der Waals surface area contributed by atoms with Gasteiger partial charge in [0.15, 0.2) is 0 Å². The third-order valence-corrected chi connectivity index (χ3v) is 4.35. The van der Waals surface area contributed by atoms with Gasteiger partial charge in [0, 0.05) is 32.2 Å². The summed E-state index contributed by atoms with van der Waals surface area (Å²) < 4.78 is 39.0. The number of nitrogens with one attached hydrogen (secondary N) is 1. The first-order valence-corrected chi connectivity index (χ1v) is 8.39. The molecule has 1 aromatic carbocycles. The van der Waals surface area contributed by atoms with Crippen LogP contribution in [0.5, 0.6) is 0 Å². The Morgan fingerprint density at radius 2 is 2.03 bits per heavy atom. The van der Waals surface area contributed by atoms with Gasteiger partial charge in [0.2, 0.25) is 6.29 Å². The minimum Gasteiger partial charge on any atom is -0.371 e. The highest BCUT2D eigenvalue weighted by Crippen LogP contribution is 2.26. The van der Waals surface area contributed by atoms with Crippen molar-refractivity contribution in [2.24, 2.45) is 0 Å². The zero-order valence-electron chi connectivity index (χ0n) is 14.3. The van der Waals surface area contributed by atoms with E-state index in [-0.39, 0.29) is 21.0 Å². The van der Waals surface area contributed by atoms with Crippen molar-refractivity contribution in [3.63, 3.8) is 0 Å². The Morgan fingerprint density at radius 1 is 1.28 bits per heavy atom. The van der Waals surface area contributed by atoms with E-state index in [0.717, 1.165) is 38.5 Å². The molecule has 4 rings (SSSR count). The molecule has 0 amide bonds. The van der Waals surface area contributed by atoms with E-state index in [2.05, 4.69) is 37.9 Å². The van der Waals surface area contributed by atoms with Gasteiger partial charge in [-0.25, -0.2) is 4.68 Å². The molecule has 3 heterocycles. The van der Waals surface area contributed by atoms with Crippen LogP contribution in [0.2, 0.25) is 0 Å². The number of aromatic nitrogens is 4. The van der Waals surface area contributed by atoms with Crippen molar-refractivity contribution >= 4 is 6.29 Å². The fourth-order valence-corrected chi connectivity index (χ4v) is 3.05. The van der Waals surface area contributed by atoms with Gasteiger partial charge in [0.1, 0.15) is 6.33 Å². The monoisotopic (exact) mass is 416 g/mol. The summed E-state index contributed by atoms with van der Waals surface area (Å²) in [6.45, 7) is 4.92. The summed E-state index contributed by atoms with van der Waals surface area (Å²) in [5, 5.41) is 14.7. The van der Waals surface area contributed by atoms with Crippen LogP contribution in [0, 0.1) is 0 Å². The predicted octanol–water partition coefficient (Wildman–Crippen LogP) is 2.03. The molecule has 162 valence electrons. The van der Waals surface area contributed by atoms with E-state index < -0.39 is 12.5 Å². The molecule has 0 radical (unpaired) electrons. The number of tetrazole rings is 1. The van der Waals surface area contributed by atoms with E-state index >= 15 is 0 Å². The molecular formula is C18H27F3N6O2. The Morgan fingerprint density at radius 3 is 2.69 bits per heavy atom.